The third-order valence-corrected chi connectivity index (χ3v) is 11.0. The molecule has 0 aromatic heterocycles. The molecule has 4 aliphatic carbocycles. The molecule has 4 bridgehead atoms. The van der Waals surface area contributed by atoms with Gasteiger partial charge >= 0.3 is 6.09 Å². The van der Waals surface area contributed by atoms with Gasteiger partial charge in [0.15, 0.2) is 0 Å². The van der Waals surface area contributed by atoms with Gasteiger partial charge in [0.1, 0.15) is 12.4 Å². The minimum Gasteiger partial charge on any atom is -0.497 e. The number of fused-ring (bicyclic) bond motifs is 1. The summed E-state index contributed by atoms with van der Waals surface area (Å²) in [6, 6.07) is 14.0. The summed E-state index contributed by atoms with van der Waals surface area (Å²) in [6.45, 7) is 8.82. The number of rotatable bonds is 8. The second-order valence-electron chi connectivity index (χ2n) is 15.3. The molecule has 45 heavy (non-hydrogen) atoms. The first-order chi connectivity index (χ1) is 21.5. The lowest BCUT2D eigenvalue weighted by atomic mass is 9.52. The summed E-state index contributed by atoms with van der Waals surface area (Å²) >= 11 is 0. The summed E-state index contributed by atoms with van der Waals surface area (Å²) in [6.07, 6.45) is 16.6. The van der Waals surface area contributed by atoms with Crippen LogP contribution in [0, 0.1) is 30.1 Å². The summed E-state index contributed by atoms with van der Waals surface area (Å²) in [5.74, 6) is 5.17. The van der Waals surface area contributed by atoms with Crippen LogP contribution >= 0.6 is 0 Å². The minimum atomic E-state index is -0.314. The van der Waals surface area contributed by atoms with E-state index in [-0.39, 0.29) is 41.8 Å². The van der Waals surface area contributed by atoms with E-state index in [1.807, 2.05) is 23.1 Å². The van der Waals surface area contributed by atoms with Crippen molar-refractivity contribution in [3.05, 3.63) is 64.7 Å². The highest BCUT2D eigenvalue weighted by atomic mass is 16.6. The third-order valence-electron chi connectivity index (χ3n) is 11.0. The van der Waals surface area contributed by atoms with Crippen molar-refractivity contribution in [3.63, 3.8) is 0 Å². The topological polar surface area (TPSA) is 59.1 Å². The zero-order chi connectivity index (χ0) is 31.9. The van der Waals surface area contributed by atoms with Gasteiger partial charge < -0.3 is 14.4 Å². The Labute approximate surface area is 269 Å². The van der Waals surface area contributed by atoms with Gasteiger partial charge in [-0.15, -0.1) is 6.42 Å². The molecule has 0 unspecified atom stereocenters. The standard InChI is InChI=1S/C39H50N2O4/c1-7-9-10-32-20-31-21-33(44-6)15-16-34(31)36(40(32)35(42)8-2)30-13-11-26(12-14-30)25-45-37(43)41(38(3,4)5)39-22-27-17-28(23-39)19-29(18-27)24-39/h2,11-16,21,27-29,32,36H,7,9-10,17-20,22-25H2,1,3-6H3/t27?,28?,29?,32-,36-,39?/m0/s1. The van der Waals surface area contributed by atoms with Crippen LogP contribution in [-0.2, 0) is 22.6 Å². The van der Waals surface area contributed by atoms with Crippen molar-refractivity contribution >= 4 is 12.0 Å². The van der Waals surface area contributed by atoms with Crippen LogP contribution in [-0.4, -0.2) is 46.0 Å². The molecule has 1 aliphatic heterocycles. The maximum absolute atomic E-state index is 13.9. The number of amides is 2. The van der Waals surface area contributed by atoms with Crippen LogP contribution in [0.25, 0.3) is 0 Å². The summed E-state index contributed by atoms with van der Waals surface area (Å²) < 4.78 is 11.6. The number of hydrogen-bond acceptors (Lipinski definition) is 4. The number of methoxy groups -OCH3 is 1. The van der Waals surface area contributed by atoms with Crippen molar-refractivity contribution in [1.29, 1.82) is 0 Å². The van der Waals surface area contributed by atoms with Gasteiger partial charge in [-0.05, 0) is 130 Å². The maximum atomic E-state index is 13.9. The van der Waals surface area contributed by atoms with E-state index in [0.29, 0.717) is 0 Å². The van der Waals surface area contributed by atoms with Gasteiger partial charge in [-0.3, -0.25) is 9.69 Å². The van der Waals surface area contributed by atoms with Gasteiger partial charge in [0, 0.05) is 17.1 Å². The molecule has 0 radical (unpaired) electrons. The van der Waals surface area contributed by atoms with E-state index in [9.17, 15) is 9.59 Å². The highest BCUT2D eigenvalue weighted by Gasteiger charge is 2.57. The minimum absolute atomic E-state index is 0.00621. The van der Waals surface area contributed by atoms with Crippen LogP contribution in [0.1, 0.15) is 114 Å². The monoisotopic (exact) mass is 610 g/mol. The number of terminal acetylenes is 1. The summed E-state index contributed by atoms with van der Waals surface area (Å²) in [5, 5.41) is 0. The molecule has 2 atom stereocenters. The fourth-order valence-electron chi connectivity index (χ4n) is 9.77. The van der Waals surface area contributed by atoms with Gasteiger partial charge in [-0.2, -0.15) is 0 Å². The number of carbonyl (C=O) groups excluding carboxylic acids is 2. The highest BCUT2D eigenvalue weighted by Crippen LogP contribution is 2.59. The lowest BCUT2D eigenvalue weighted by molar-refractivity contribution is -0.130. The molecule has 7 rings (SSSR count). The van der Waals surface area contributed by atoms with Crippen LogP contribution in [0.3, 0.4) is 0 Å². The van der Waals surface area contributed by atoms with E-state index in [4.69, 9.17) is 15.9 Å². The SMILES string of the molecule is C#CC(=O)N1[C@@H](CCCC)Cc2cc(OC)ccc2[C@@H]1c1ccc(COC(=O)N(C(C)(C)C)C23CC4CC(CC(C4)C2)C3)cc1. The molecule has 0 spiro atoms. The van der Waals surface area contributed by atoms with E-state index in [1.165, 1.54) is 24.8 Å². The Balaban J connectivity index is 1.23. The van der Waals surface area contributed by atoms with Gasteiger partial charge in [-0.1, -0.05) is 50.1 Å². The lowest BCUT2D eigenvalue weighted by Crippen LogP contribution is -2.66. The Morgan fingerprint density at radius 2 is 1.67 bits per heavy atom. The van der Waals surface area contributed by atoms with Crippen LogP contribution in [0.4, 0.5) is 4.79 Å². The number of benzene rings is 2. The largest absolute Gasteiger partial charge is 0.497 e. The van der Waals surface area contributed by atoms with Crippen LogP contribution in [0.15, 0.2) is 42.5 Å². The Kier molecular flexibility index (Phi) is 8.67. The molecule has 0 saturated heterocycles. The van der Waals surface area contributed by atoms with Crippen molar-refractivity contribution in [1.82, 2.24) is 9.80 Å². The van der Waals surface area contributed by atoms with E-state index < -0.39 is 0 Å². The van der Waals surface area contributed by atoms with Crippen LogP contribution < -0.4 is 4.74 Å². The van der Waals surface area contributed by atoms with Crippen molar-refractivity contribution in [3.8, 4) is 18.1 Å². The second kappa shape index (κ2) is 12.4. The molecule has 0 N–H and O–H groups in total. The average molecular weight is 611 g/mol. The molecule has 5 aliphatic rings. The van der Waals surface area contributed by atoms with Crippen molar-refractivity contribution < 1.29 is 19.1 Å². The molecule has 240 valence electrons. The molecule has 6 heteroatoms. The Morgan fingerprint density at radius 3 is 2.22 bits per heavy atom. The quantitative estimate of drug-likeness (QED) is 0.284. The van der Waals surface area contributed by atoms with E-state index in [2.05, 4.69) is 62.8 Å². The Bertz CT molecular complexity index is 1410. The van der Waals surface area contributed by atoms with Gasteiger partial charge in [0.25, 0.3) is 5.91 Å². The van der Waals surface area contributed by atoms with Gasteiger partial charge in [0.2, 0.25) is 0 Å². The molecular formula is C39H50N2O4. The molecule has 2 amide bonds. The lowest BCUT2D eigenvalue weighted by Gasteiger charge is -2.62. The first kappa shape index (κ1) is 31.5. The van der Waals surface area contributed by atoms with E-state index in [0.717, 1.165) is 85.1 Å². The van der Waals surface area contributed by atoms with Crippen molar-refractivity contribution in [2.45, 2.75) is 122 Å². The highest BCUT2D eigenvalue weighted by molar-refractivity contribution is 5.94. The normalized spacial score (nSPS) is 28.3. The van der Waals surface area contributed by atoms with E-state index in [1.54, 1.807) is 7.11 Å². The predicted molar refractivity (Wildman–Crippen MR) is 177 cm³/mol. The summed E-state index contributed by atoms with van der Waals surface area (Å²) in [7, 11) is 1.68. The number of hydrogen-bond donors (Lipinski definition) is 0. The van der Waals surface area contributed by atoms with E-state index >= 15 is 0 Å². The number of carbonyl (C=O) groups is 2. The van der Waals surface area contributed by atoms with Crippen LogP contribution in [0.5, 0.6) is 5.75 Å². The molecule has 2 aromatic rings. The first-order valence-electron chi connectivity index (χ1n) is 17.1. The summed E-state index contributed by atoms with van der Waals surface area (Å²) in [4.78, 5) is 31.2. The average Bonchev–Trinajstić information content (AvgIpc) is 3.00. The zero-order valence-electron chi connectivity index (χ0n) is 27.8. The number of nitrogens with zero attached hydrogens (tertiary/aromatic N) is 2. The fourth-order valence-corrected chi connectivity index (χ4v) is 9.77. The number of unbranched alkanes of at least 4 members (excludes halogenated alkanes) is 1. The van der Waals surface area contributed by atoms with Crippen molar-refractivity contribution in [2.75, 3.05) is 7.11 Å². The molecule has 4 fully saturated rings. The van der Waals surface area contributed by atoms with Crippen molar-refractivity contribution in [2.24, 2.45) is 17.8 Å². The molecular weight excluding hydrogens is 560 g/mol. The molecule has 2 aromatic carbocycles. The zero-order valence-corrected chi connectivity index (χ0v) is 27.8. The smallest absolute Gasteiger partial charge is 0.411 e. The number of ether oxygens (including phenoxy) is 2. The van der Waals surface area contributed by atoms with Gasteiger partial charge in [0.05, 0.1) is 13.2 Å². The van der Waals surface area contributed by atoms with Crippen LogP contribution in [0.2, 0.25) is 0 Å². The predicted octanol–water partition coefficient (Wildman–Crippen LogP) is 8.07. The molecule has 1 heterocycles. The third kappa shape index (κ3) is 6.08. The second-order valence-corrected chi connectivity index (χ2v) is 15.3. The summed E-state index contributed by atoms with van der Waals surface area (Å²) in [5.41, 5.74) is 3.78. The van der Waals surface area contributed by atoms with Gasteiger partial charge in [-0.25, -0.2) is 4.79 Å². The fraction of sp³-hybridized carbons (Fsp3) is 0.590. The first-order valence-corrected chi connectivity index (χ1v) is 17.1. The Hall–Kier alpha value is -3.46. The Morgan fingerprint density at radius 1 is 1.02 bits per heavy atom. The molecule has 6 nitrogen and oxygen atoms in total. The molecule has 4 saturated carbocycles. The maximum Gasteiger partial charge on any atom is 0.411 e.